The molecule has 0 aliphatic carbocycles. The third-order valence-electron chi connectivity index (χ3n) is 2.03. The Kier molecular flexibility index (Phi) is 13.7. The van der Waals surface area contributed by atoms with Crippen molar-refractivity contribution in [2.45, 2.75) is 26.4 Å². The van der Waals surface area contributed by atoms with Crippen LogP contribution in [0.2, 0.25) is 0 Å². The Balaban J connectivity index is -0.000000163. The predicted octanol–water partition coefficient (Wildman–Crippen LogP) is -0.777. The molecule has 0 saturated heterocycles. The van der Waals surface area contributed by atoms with Gasteiger partial charge in [0.15, 0.2) is 0 Å². The zero-order valence-corrected chi connectivity index (χ0v) is 13.0. The van der Waals surface area contributed by atoms with Crippen molar-refractivity contribution < 1.29 is 27.8 Å². The fourth-order valence-electron chi connectivity index (χ4n) is 0.831. The van der Waals surface area contributed by atoms with Crippen molar-refractivity contribution >= 4 is 62.0 Å². The van der Waals surface area contributed by atoms with Gasteiger partial charge in [0.05, 0.1) is 13.0 Å². The molecule has 0 aliphatic heterocycles. The monoisotopic (exact) mass is 297 g/mol. The van der Waals surface area contributed by atoms with Gasteiger partial charge in [-0.3, -0.25) is 9.59 Å². The molecule has 0 saturated carbocycles. The van der Waals surface area contributed by atoms with Gasteiger partial charge in [-0.2, -0.15) is 0 Å². The normalized spacial score (nSPS) is 11.8. The van der Waals surface area contributed by atoms with Crippen molar-refractivity contribution in [3.63, 3.8) is 0 Å². The fourth-order valence-corrected chi connectivity index (χ4v) is 0.831. The van der Waals surface area contributed by atoms with Crippen LogP contribution in [0.15, 0.2) is 0 Å². The van der Waals surface area contributed by atoms with E-state index in [1.807, 2.05) is 0 Å². The molecule has 100 valence electrons. The third-order valence-corrected chi connectivity index (χ3v) is 2.03. The number of carbonyl (C=O) groups excluding carboxylic acids is 1. The molecular weight excluding hydrogens is 278 g/mol. The van der Waals surface area contributed by atoms with Gasteiger partial charge in [0.25, 0.3) is 0 Å². The molecule has 0 spiro atoms. The molecule has 0 fully saturated rings. The maximum absolute atomic E-state index is 11.3. The Morgan fingerprint density at radius 1 is 1.41 bits per heavy atom. The van der Waals surface area contributed by atoms with Crippen LogP contribution in [0, 0.1) is 5.41 Å². The number of carboxylic acids is 1. The molecule has 0 aromatic heterocycles. The third kappa shape index (κ3) is 9.04. The summed E-state index contributed by atoms with van der Waals surface area (Å²) in [6.07, 6.45) is -1.55. The standard InChI is InChI=1S/C9H17NO5.Ca.ClH.2H/c1-9(2,5-11)7(14)8(15)10-4-3-6(12)13;;;;/h7,11,14H,3-5H2,1-2H3,(H,10,15)(H,12,13);;1H;;/q;+2;;2*-1/t7-;;;;/m0..../s1. The quantitative estimate of drug-likeness (QED) is 0.481. The molecule has 8 heteroatoms. The molecule has 6 nitrogen and oxygen atoms in total. The van der Waals surface area contributed by atoms with Gasteiger partial charge < -0.3 is 23.5 Å². The number of halogens is 1. The van der Waals surface area contributed by atoms with Gasteiger partial charge in [-0.25, -0.2) is 0 Å². The summed E-state index contributed by atoms with van der Waals surface area (Å²) in [7, 11) is 0. The largest absolute Gasteiger partial charge is 2.00 e. The van der Waals surface area contributed by atoms with E-state index in [-0.39, 0.29) is 72.6 Å². The minimum absolute atomic E-state index is 0. The zero-order valence-electron chi connectivity index (χ0n) is 12.0. The first kappa shape index (κ1) is 22.6. The number of rotatable bonds is 6. The summed E-state index contributed by atoms with van der Waals surface area (Å²) < 4.78 is 0. The van der Waals surface area contributed by atoms with Crippen LogP contribution in [-0.4, -0.2) is 84.2 Å². The SMILES string of the molecule is CC(C)(CO)[C@@H](O)C(=O)NCCC(=O)O.Cl.[Ca+2].[H-].[H-]. The van der Waals surface area contributed by atoms with E-state index in [4.69, 9.17) is 10.2 Å². The smallest absolute Gasteiger partial charge is 1.00 e. The van der Waals surface area contributed by atoms with E-state index in [0.717, 1.165) is 0 Å². The number of nitrogens with one attached hydrogen (secondary N) is 1. The van der Waals surface area contributed by atoms with E-state index in [9.17, 15) is 14.7 Å². The molecule has 0 aliphatic rings. The second kappa shape index (κ2) is 10.3. The van der Waals surface area contributed by atoms with Crippen LogP contribution < -0.4 is 5.32 Å². The van der Waals surface area contributed by atoms with Crippen LogP contribution in [0.4, 0.5) is 0 Å². The van der Waals surface area contributed by atoms with Crippen LogP contribution in [0.5, 0.6) is 0 Å². The summed E-state index contributed by atoms with van der Waals surface area (Å²) in [5, 5.41) is 29.0. The van der Waals surface area contributed by atoms with Crippen molar-refractivity contribution in [1.29, 1.82) is 0 Å². The number of carbonyl (C=O) groups is 2. The molecule has 0 heterocycles. The topological polar surface area (TPSA) is 107 Å². The van der Waals surface area contributed by atoms with E-state index in [1.165, 1.54) is 13.8 Å². The number of aliphatic carboxylic acids is 1. The molecule has 0 aromatic rings. The van der Waals surface area contributed by atoms with E-state index in [0.29, 0.717) is 0 Å². The Morgan fingerprint density at radius 3 is 2.24 bits per heavy atom. The molecular formula is C9H20CaClNO5. The van der Waals surface area contributed by atoms with Gasteiger partial charge in [0.2, 0.25) is 5.91 Å². The summed E-state index contributed by atoms with van der Waals surface area (Å²) in [6.45, 7) is 2.70. The molecule has 1 amide bonds. The first-order chi connectivity index (χ1) is 6.81. The summed E-state index contributed by atoms with van der Waals surface area (Å²) in [5.41, 5.74) is -0.937. The van der Waals surface area contributed by atoms with Gasteiger partial charge in [-0.15, -0.1) is 12.4 Å². The fraction of sp³-hybridized carbons (Fsp3) is 0.778. The molecule has 0 rings (SSSR count). The minimum Gasteiger partial charge on any atom is -1.00 e. The van der Waals surface area contributed by atoms with E-state index in [2.05, 4.69) is 5.32 Å². The first-order valence-electron chi connectivity index (χ1n) is 4.59. The summed E-state index contributed by atoms with van der Waals surface area (Å²) in [4.78, 5) is 21.4. The average Bonchev–Trinajstić information content (AvgIpc) is 2.15. The van der Waals surface area contributed by atoms with Gasteiger partial charge >= 0.3 is 43.7 Å². The number of amides is 1. The van der Waals surface area contributed by atoms with Crippen molar-refractivity contribution in [2.24, 2.45) is 5.41 Å². The van der Waals surface area contributed by atoms with E-state index >= 15 is 0 Å². The van der Waals surface area contributed by atoms with Crippen LogP contribution in [0.1, 0.15) is 23.1 Å². The predicted molar refractivity (Wildman–Crippen MR) is 67.4 cm³/mol. The van der Waals surface area contributed by atoms with Crippen LogP contribution in [0.3, 0.4) is 0 Å². The Labute approximate surface area is 139 Å². The van der Waals surface area contributed by atoms with Gasteiger partial charge in [-0.1, -0.05) is 13.8 Å². The number of carboxylic acid groups (broad SMARTS) is 1. The summed E-state index contributed by atoms with van der Waals surface area (Å²) in [6, 6.07) is 0. The number of aliphatic hydroxyl groups excluding tert-OH is 2. The summed E-state index contributed by atoms with van der Waals surface area (Å²) >= 11 is 0. The van der Waals surface area contributed by atoms with Gasteiger partial charge in [0, 0.05) is 12.0 Å². The second-order valence-electron chi connectivity index (χ2n) is 3.98. The second-order valence-corrected chi connectivity index (χ2v) is 3.98. The number of hydrogen-bond acceptors (Lipinski definition) is 4. The number of aliphatic hydroxyl groups is 2. The van der Waals surface area contributed by atoms with Crippen LogP contribution in [0.25, 0.3) is 0 Å². The van der Waals surface area contributed by atoms with Crippen molar-refractivity contribution in [2.75, 3.05) is 13.2 Å². The summed E-state index contributed by atoms with van der Waals surface area (Å²) in [5.74, 6) is -1.69. The van der Waals surface area contributed by atoms with Crippen molar-refractivity contribution in [3.05, 3.63) is 0 Å². The molecule has 0 unspecified atom stereocenters. The maximum atomic E-state index is 11.3. The molecule has 0 radical (unpaired) electrons. The Bertz CT molecular complexity index is 259. The molecule has 1 atom stereocenters. The van der Waals surface area contributed by atoms with E-state index in [1.54, 1.807) is 0 Å². The molecule has 4 N–H and O–H groups in total. The Morgan fingerprint density at radius 2 is 1.88 bits per heavy atom. The van der Waals surface area contributed by atoms with E-state index < -0.39 is 23.4 Å². The Hall–Kier alpha value is 0.410. The number of hydrogen-bond donors (Lipinski definition) is 4. The maximum Gasteiger partial charge on any atom is 2.00 e. The molecule has 0 aromatic carbocycles. The van der Waals surface area contributed by atoms with Crippen LogP contribution in [-0.2, 0) is 9.59 Å². The first-order valence-corrected chi connectivity index (χ1v) is 4.59. The van der Waals surface area contributed by atoms with Crippen molar-refractivity contribution in [3.8, 4) is 0 Å². The molecule has 17 heavy (non-hydrogen) atoms. The van der Waals surface area contributed by atoms with Gasteiger partial charge in [0.1, 0.15) is 6.10 Å². The molecule has 0 bridgehead atoms. The minimum atomic E-state index is -1.35. The zero-order chi connectivity index (χ0) is 12.1. The van der Waals surface area contributed by atoms with Gasteiger partial charge in [-0.05, 0) is 0 Å². The van der Waals surface area contributed by atoms with Crippen LogP contribution >= 0.6 is 12.4 Å². The average molecular weight is 298 g/mol. The van der Waals surface area contributed by atoms with Crippen molar-refractivity contribution in [1.82, 2.24) is 5.32 Å².